The van der Waals surface area contributed by atoms with E-state index in [2.05, 4.69) is 4.98 Å². The predicted octanol–water partition coefficient (Wildman–Crippen LogP) is 0.649. The summed E-state index contributed by atoms with van der Waals surface area (Å²) in [6.07, 6.45) is -3.20. The van der Waals surface area contributed by atoms with Crippen LogP contribution in [0.15, 0.2) is 24.4 Å². The third-order valence-electron chi connectivity index (χ3n) is 0.955. The number of alkyl halides is 3. The van der Waals surface area contributed by atoms with Gasteiger partial charge in [-0.05, 0) is 12.1 Å². The van der Waals surface area contributed by atoms with Crippen molar-refractivity contribution in [1.82, 2.24) is 4.98 Å². The van der Waals surface area contributed by atoms with Gasteiger partial charge in [0.2, 0.25) is 0 Å². The number of pyridine rings is 1. The average Bonchev–Trinajstić information content (AvgIpc) is 1.88. The van der Waals surface area contributed by atoms with Gasteiger partial charge in [-0.3, -0.25) is 4.98 Å². The second kappa shape index (κ2) is 3.94. The summed E-state index contributed by atoms with van der Waals surface area (Å²) < 4.78 is 35.2. The Labute approximate surface area is 78.6 Å². The normalized spacial score (nSPS) is 10.5. The van der Waals surface area contributed by atoms with E-state index < -0.39 is 11.9 Å². The molecule has 0 aliphatic heterocycles. The Hall–Kier alpha value is -0.261. The molecule has 0 aliphatic carbocycles. The Balaban J connectivity index is 0.000001000. The molecule has 1 aromatic rings. The van der Waals surface area contributed by atoms with E-state index in [1.54, 1.807) is 0 Å². The van der Waals surface area contributed by atoms with Crippen molar-refractivity contribution in [2.45, 2.75) is 6.18 Å². The van der Waals surface area contributed by atoms with Crippen molar-refractivity contribution in [3.8, 4) is 0 Å². The van der Waals surface area contributed by atoms with E-state index in [0.717, 1.165) is 12.3 Å². The van der Waals surface area contributed by atoms with Crippen LogP contribution < -0.4 is 0 Å². The molecule has 0 radical (unpaired) electrons. The van der Waals surface area contributed by atoms with E-state index in [4.69, 9.17) is 0 Å². The zero-order valence-electron chi connectivity index (χ0n) is 4.89. The van der Waals surface area contributed by atoms with E-state index in [0.29, 0.717) is 0 Å². The van der Waals surface area contributed by atoms with Gasteiger partial charge in [0.1, 0.15) is 5.69 Å². The predicted molar refractivity (Wildman–Crippen MR) is 40.6 cm³/mol. The number of aromatic nitrogens is 1. The van der Waals surface area contributed by atoms with Gasteiger partial charge in [0.25, 0.3) is 0 Å². The average molecular weight is 270 g/mol. The number of halogens is 3. The van der Waals surface area contributed by atoms with Gasteiger partial charge in [-0.15, -0.1) is 0 Å². The molecule has 0 bridgehead atoms. The molecular weight excluding hydrogens is 262 g/mol. The molecule has 0 aromatic carbocycles. The van der Waals surface area contributed by atoms with E-state index in [1.807, 2.05) is 0 Å². The van der Waals surface area contributed by atoms with Crippen LogP contribution in [0.1, 0.15) is 5.69 Å². The Kier molecular flexibility index (Phi) is 3.85. The molecule has 1 nitrogen and oxygen atoms in total. The van der Waals surface area contributed by atoms with Gasteiger partial charge in [-0.1, -0.05) is 6.07 Å². The summed E-state index contributed by atoms with van der Waals surface area (Å²) in [6, 6.07) is 3.67. The van der Waals surface area contributed by atoms with Crippen molar-refractivity contribution in [2.75, 3.05) is 0 Å². The molecule has 0 fully saturated rings. The maximum absolute atomic E-state index is 11.7. The molecule has 0 unspecified atom stereocenters. The topological polar surface area (TPSA) is 12.9 Å². The number of hydrogen-bond donors (Lipinski definition) is 0. The van der Waals surface area contributed by atoms with Crippen molar-refractivity contribution in [3.05, 3.63) is 30.1 Å². The van der Waals surface area contributed by atoms with Gasteiger partial charge in [-0.2, -0.15) is 13.2 Å². The quantitative estimate of drug-likeness (QED) is 0.631. The zero-order chi connectivity index (χ0) is 7.61. The van der Waals surface area contributed by atoms with Crippen molar-refractivity contribution >= 4 is 23.9 Å². The van der Waals surface area contributed by atoms with Crippen molar-refractivity contribution < 1.29 is 13.2 Å². The first kappa shape index (κ1) is 10.7. The molecule has 0 N–H and O–H groups in total. The number of nitrogens with zero attached hydrogens (tertiary/aromatic N) is 1. The molecule has 62 valence electrons. The van der Waals surface area contributed by atoms with Crippen LogP contribution in [0.2, 0.25) is 0 Å². The molecule has 0 saturated heterocycles. The van der Waals surface area contributed by atoms with Gasteiger partial charge >= 0.3 is 30.1 Å². The van der Waals surface area contributed by atoms with Crippen molar-refractivity contribution in [3.63, 3.8) is 0 Å². The summed E-state index contributed by atoms with van der Waals surface area (Å²) in [5.74, 6) is 0. The van der Waals surface area contributed by atoms with Crippen molar-refractivity contribution in [1.29, 1.82) is 0 Å². The molecule has 0 atom stereocenters. The summed E-state index contributed by atoms with van der Waals surface area (Å²) in [7, 11) is 0. The molecule has 0 aliphatic rings. The van der Waals surface area contributed by atoms with Crippen LogP contribution in [0.3, 0.4) is 0 Å². The third-order valence-corrected chi connectivity index (χ3v) is 0.955. The molecule has 0 saturated carbocycles. The Morgan fingerprint density at radius 3 is 2.09 bits per heavy atom. The molecular formula is C6H8F3NSn. The summed E-state index contributed by atoms with van der Waals surface area (Å²) >= 11 is 0. The van der Waals surface area contributed by atoms with Crippen LogP contribution in [0.5, 0.6) is 0 Å². The van der Waals surface area contributed by atoms with Crippen LogP contribution in [0, 0.1) is 0 Å². The molecule has 0 spiro atoms. The number of rotatable bonds is 0. The van der Waals surface area contributed by atoms with Gasteiger partial charge in [-0.25, -0.2) is 0 Å². The van der Waals surface area contributed by atoms with Gasteiger partial charge in [0.05, 0.1) is 0 Å². The standard InChI is InChI=1S/C6H4F3N.Sn.4H/c7-6(8,9)5-3-1-2-4-10-5;;;;;/h1-4H;;;;;. The van der Waals surface area contributed by atoms with Crippen LogP contribution in [-0.4, -0.2) is 28.9 Å². The fourth-order valence-corrected chi connectivity index (χ4v) is 0.530. The Morgan fingerprint density at radius 1 is 1.18 bits per heavy atom. The van der Waals surface area contributed by atoms with Crippen LogP contribution >= 0.6 is 0 Å². The summed E-state index contributed by atoms with van der Waals surface area (Å²) in [4.78, 5) is 3.12. The molecule has 0 amide bonds. The first-order chi connectivity index (χ1) is 4.61. The van der Waals surface area contributed by atoms with Crippen LogP contribution in [-0.2, 0) is 6.18 Å². The van der Waals surface area contributed by atoms with Gasteiger partial charge in [0.15, 0.2) is 0 Å². The Morgan fingerprint density at radius 2 is 1.82 bits per heavy atom. The fourth-order valence-electron chi connectivity index (χ4n) is 0.530. The summed E-state index contributed by atoms with van der Waals surface area (Å²) in [5, 5.41) is 0. The monoisotopic (exact) mass is 271 g/mol. The summed E-state index contributed by atoms with van der Waals surface area (Å²) in [6.45, 7) is 0. The second-order valence-corrected chi connectivity index (χ2v) is 1.71. The molecule has 1 heterocycles. The molecule has 5 heteroatoms. The van der Waals surface area contributed by atoms with E-state index in [1.165, 1.54) is 12.1 Å². The van der Waals surface area contributed by atoms with E-state index >= 15 is 0 Å². The SMILES string of the molecule is FC(F)(F)c1ccccn1.[SnH4]. The fraction of sp³-hybridized carbons (Fsp3) is 0.167. The number of hydrogen-bond acceptors (Lipinski definition) is 1. The molecule has 1 rings (SSSR count). The van der Waals surface area contributed by atoms with Crippen LogP contribution in [0.25, 0.3) is 0 Å². The first-order valence-corrected chi connectivity index (χ1v) is 2.59. The van der Waals surface area contributed by atoms with Gasteiger partial charge in [0, 0.05) is 6.20 Å². The zero-order valence-corrected chi connectivity index (χ0v) is 4.89. The minimum atomic E-state index is -4.32. The molecule has 1 aromatic heterocycles. The maximum atomic E-state index is 11.7. The van der Waals surface area contributed by atoms with Crippen molar-refractivity contribution in [2.24, 2.45) is 0 Å². The van der Waals surface area contributed by atoms with Crippen LogP contribution in [0.4, 0.5) is 13.2 Å². The first-order valence-electron chi connectivity index (χ1n) is 2.59. The Bertz CT molecular complexity index is 209. The summed E-state index contributed by atoms with van der Waals surface area (Å²) in [5.41, 5.74) is -0.852. The third kappa shape index (κ3) is 3.09. The van der Waals surface area contributed by atoms with E-state index in [-0.39, 0.29) is 23.9 Å². The minimum absolute atomic E-state index is 0. The molecule has 11 heavy (non-hydrogen) atoms. The van der Waals surface area contributed by atoms with Gasteiger partial charge < -0.3 is 0 Å². The second-order valence-electron chi connectivity index (χ2n) is 1.71. The van der Waals surface area contributed by atoms with E-state index in [9.17, 15) is 13.2 Å².